The zero-order valence-corrected chi connectivity index (χ0v) is 11.1. The molecule has 0 fully saturated rings. The largest absolute Gasteiger partial charge is 0.455 e. The van der Waals surface area contributed by atoms with Gasteiger partial charge in [0.05, 0.1) is 11.9 Å². The third-order valence-electron chi connectivity index (χ3n) is 2.59. The molecule has 94 valence electrons. The zero-order valence-electron chi connectivity index (χ0n) is 10.4. The molecular weight excluding hydrogens is 248 g/mol. The van der Waals surface area contributed by atoms with Gasteiger partial charge in [0.1, 0.15) is 11.5 Å². The van der Waals surface area contributed by atoms with E-state index in [1.165, 1.54) is 0 Å². The van der Waals surface area contributed by atoms with Gasteiger partial charge in [0.2, 0.25) is 0 Å². The maximum atomic E-state index is 5.89. The Morgan fingerprint density at radius 3 is 2.61 bits per heavy atom. The van der Waals surface area contributed by atoms with Crippen LogP contribution < -0.4 is 10.5 Å². The van der Waals surface area contributed by atoms with Crippen LogP contribution >= 0.6 is 11.6 Å². The van der Waals surface area contributed by atoms with Crippen LogP contribution in [0.5, 0.6) is 11.5 Å². The number of aryl methyl sites for hydroxylation is 1. The van der Waals surface area contributed by atoms with Gasteiger partial charge >= 0.3 is 0 Å². The number of halogens is 1. The van der Waals surface area contributed by atoms with Crippen molar-refractivity contribution < 1.29 is 4.74 Å². The van der Waals surface area contributed by atoms with Gasteiger partial charge < -0.3 is 10.5 Å². The Kier molecular flexibility index (Phi) is 3.84. The van der Waals surface area contributed by atoms with E-state index in [1.54, 1.807) is 12.3 Å². The zero-order chi connectivity index (χ0) is 13.1. The smallest absolute Gasteiger partial charge is 0.145 e. The minimum Gasteiger partial charge on any atom is -0.455 e. The minimum atomic E-state index is -0.0729. The van der Waals surface area contributed by atoms with Gasteiger partial charge in [-0.25, -0.2) is 0 Å². The molecular formula is C14H15ClN2O. The predicted molar refractivity (Wildman–Crippen MR) is 73.1 cm³/mol. The molecule has 0 unspecified atom stereocenters. The van der Waals surface area contributed by atoms with E-state index in [1.807, 2.05) is 38.1 Å². The van der Waals surface area contributed by atoms with Gasteiger partial charge in [-0.05, 0) is 49.7 Å². The molecule has 1 heterocycles. The van der Waals surface area contributed by atoms with E-state index in [2.05, 4.69) is 4.98 Å². The van der Waals surface area contributed by atoms with E-state index in [9.17, 15) is 0 Å². The van der Waals surface area contributed by atoms with Gasteiger partial charge in [0, 0.05) is 11.1 Å². The van der Waals surface area contributed by atoms with Crippen LogP contribution in [0, 0.1) is 6.92 Å². The average molecular weight is 263 g/mol. The highest BCUT2D eigenvalue weighted by Gasteiger charge is 2.04. The normalized spacial score (nSPS) is 12.2. The summed E-state index contributed by atoms with van der Waals surface area (Å²) in [5.74, 6) is 1.46. The molecule has 0 aliphatic heterocycles. The molecule has 0 saturated carbocycles. The van der Waals surface area contributed by atoms with Crippen LogP contribution in [0.15, 0.2) is 36.5 Å². The summed E-state index contributed by atoms with van der Waals surface area (Å²) in [6.07, 6.45) is 1.67. The summed E-state index contributed by atoms with van der Waals surface area (Å²) in [4.78, 5) is 4.25. The molecule has 3 nitrogen and oxygen atoms in total. The van der Waals surface area contributed by atoms with Crippen LogP contribution in [0.3, 0.4) is 0 Å². The van der Waals surface area contributed by atoms with E-state index in [-0.39, 0.29) is 6.04 Å². The quantitative estimate of drug-likeness (QED) is 0.914. The van der Waals surface area contributed by atoms with Gasteiger partial charge in [-0.3, -0.25) is 4.98 Å². The molecule has 0 aliphatic rings. The first-order chi connectivity index (χ1) is 8.56. The molecule has 2 N–H and O–H groups in total. The van der Waals surface area contributed by atoms with Crippen molar-refractivity contribution in [3.05, 3.63) is 52.8 Å². The highest BCUT2D eigenvalue weighted by molar-refractivity contribution is 6.30. The number of aromatic nitrogens is 1. The van der Waals surface area contributed by atoms with Crippen molar-refractivity contribution in [2.24, 2.45) is 5.73 Å². The highest BCUT2D eigenvalue weighted by Crippen LogP contribution is 2.27. The number of rotatable bonds is 3. The first-order valence-corrected chi connectivity index (χ1v) is 6.09. The minimum absolute atomic E-state index is 0.0729. The van der Waals surface area contributed by atoms with Crippen molar-refractivity contribution in [3.8, 4) is 11.5 Å². The van der Waals surface area contributed by atoms with Crippen molar-refractivity contribution in [1.82, 2.24) is 4.98 Å². The highest BCUT2D eigenvalue weighted by atomic mass is 35.5. The van der Waals surface area contributed by atoms with Gasteiger partial charge in [-0.1, -0.05) is 11.6 Å². The number of hydrogen-bond acceptors (Lipinski definition) is 3. The van der Waals surface area contributed by atoms with E-state index >= 15 is 0 Å². The molecule has 2 aromatic rings. The summed E-state index contributed by atoms with van der Waals surface area (Å²) in [7, 11) is 0. The van der Waals surface area contributed by atoms with E-state index in [0.717, 1.165) is 17.0 Å². The molecule has 0 amide bonds. The molecule has 0 aliphatic carbocycles. The Hall–Kier alpha value is -1.58. The second-order valence-corrected chi connectivity index (χ2v) is 4.66. The monoisotopic (exact) mass is 262 g/mol. The fourth-order valence-corrected chi connectivity index (χ4v) is 1.80. The van der Waals surface area contributed by atoms with Crippen molar-refractivity contribution in [2.75, 3.05) is 0 Å². The lowest BCUT2D eigenvalue weighted by atomic mass is 10.2. The molecule has 1 atom stereocenters. The Bertz CT molecular complexity index is 538. The van der Waals surface area contributed by atoms with E-state index in [0.29, 0.717) is 10.8 Å². The molecule has 1 aromatic carbocycles. The number of benzene rings is 1. The van der Waals surface area contributed by atoms with Crippen LogP contribution in [0.25, 0.3) is 0 Å². The van der Waals surface area contributed by atoms with Crippen molar-refractivity contribution in [3.63, 3.8) is 0 Å². The fourth-order valence-electron chi connectivity index (χ4n) is 1.58. The summed E-state index contributed by atoms with van der Waals surface area (Å²) in [6, 6.07) is 9.16. The summed E-state index contributed by atoms with van der Waals surface area (Å²) >= 11 is 5.89. The lowest BCUT2D eigenvalue weighted by Gasteiger charge is -2.10. The first kappa shape index (κ1) is 12.9. The number of nitrogens with zero attached hydrogens (tertiary/aromatic N) is 1. The Morgan fingerprint density at radius 1 is 1.28 bits per heavy atom. The summed E-state index contributed by atoms with van der Waals surface area (Å²) < 4.78 is 5.74. The number of ether oxygens (including phenoxy) is 1. The lowest BCUT2D eigenvalue weighted by Crippen LogP contribution is -2.06. The standard InChI is InChI=1S/C14H15ClN2O/c1-9-7-11(15)3-6-14(9)18-12-4-5-13(10(2)16)17-8-12/h3-8,10H,16H2,1-2H3/t10-/m0/s1. The maximum absolute atomic E-state index is 5.89. The molecule has 0 radical (unpaired) electrons. The second kappa shape index (κ2) is 5.38. The maximum Gasteiger partial charge on any atom is 0.145 e. The SMILES string of the molecule is Cc1cc(Cl)ccc1Oc1ccc([C@H](C)N)nc1. The second-order valence-electron chi connectivity index (χ2n) is 4.22. The van der Waals surface area contributed by atoms with Crippen molar-refractivity contribution in [2.45, 2.75) is 19.9 Å². The van der Waals surface area contributed by atoms with Crippen molar-refractivity contribution in [1.29, 1.82) is 0 Å². The predicted octanol–water partition coefficient (Wildman–Crippen LogP) is 3.86. The van der Waals surface area contributed by atoms with Crippen molar-refractivity contribution >= 4 is 11.6 Å². The molecule has 18 heavy (non-hydrogen) atoms. The Morgan fingerprint density at radius 2 is 2.06 bits per heavy atom. The summed E-state index contributed by atoms with van der Waals surface area (Å²) in [5.41, 5.74) is 7.57. The molecule has 2 rings (SSSR count). The van der Waals surface area contributed by atoms with Gasteiger partial charge in [-0.15, -0.1) is 0 Å². The Labute approximate surface area is 112 Å². The first-order valence-electron chi connectivity index (χ1n) is 5.72. The summed E-state index contributed by atoms with van der Waals surface area (Å²) in [5, 5.41) is 0.699. The Balaban J connectivity index is 2.18. The number of pyridine rings is 1. The molecule has 1 aromatic heterocycles. The summed E-state index contributed by atoms with van der Waals surface area (Å²) in [6.45, 7) is 3.84. The van der Waals surface area contributed by atoms with E-state index in [4.69, 9.17) is 22.1 Å². The van der Waals surface area contributed by atoms with Crippen LogP contribution in [0.4, 0.5) is 0 Å². The topological polar surface area (TPSA) is 48.1 Å². The van der Waals surface area contributed by atoms with Crippen LogP contribution in [0.2, 0.25) is 5.02 Å². The third-order valence-corrected chi connectivity index (χ3v) is 2.83. The van der Waals surface area contributed by atoms with Crippen LogP contribution in [-0.2, 0) is 0 Å². The fraction of sp³-hybridized carbons (Fsp3) is 0.214. The van der Waals surface area contributed by atoms with Crippen LogP contribution in [-0.4, -0.2) is 4.98 Å². The van der Waals surface area contributed by atoms with Crippen LogP contribution in [0.1, 0.15) is 24.2 Å². The molecule has 0 saturated heterocycles. The molecule has 4 heteroatoms. The number of hydrogen-bond donors (Lipinski definition) is 1. The molecule has 0 bridgehead atoms. The van der Waals surface area contributed by atoms with Gasteiger partial charge in [0.15, 0.2) is 0 Å². The van der Waals surface area contributed by atoms with Gasteiger partial charge in [-0.2, -0.15) is 0 Å². The molecule has 0 spiro atoms. The average Bonchev–Trinajstić information content (AvgIpc) is 2.33. The van der Waals surface area contributed by atoms with Gasteiger partial charge in [0.25, 0.3) is 0 Å². The lowest BCUT2D eigenvalue weighted by molar-refractivity contribution is 0.475. The third kappa shape index (κ3) is 3.00. The van der Waals surface area contributed by atoms with E-state index < -0.39 is 0 Å². The number of nitrogens with two attached hydrogens (primary N) is 1.